The van der Waals surface area contributed by atoms with Crippen molar-refractivity contribution in [2.75, 3.05) is 7.11 Å². The van der Waals surface area contributed by atoms with Gasteiger partial charge >= 0.3 is 5.97 Å². The first-order chi connectivity index (χ1) is 14.4. The molecule has 6 heteroatoms. The lowest BCUT2D eigenvalue weighted by Gasteiger charge is -2.36. The fourth-order valence-electron chi connectivity index (χ4n) is 4.43. The Morgan fingerprint density at radius 1 is 1.13 bits per heavy atom. The highest BCUT2D eigenvalue weighted by Gasteiger charge is 2.41. The van der Waals surface area contributed by atoms with Gasteiger partial charge in [-0.25, -0.2) is 4.79 Å². The van der Waals surface area contributed by atoms with Gasteiger partial charge in [-0.3, -0.25) is 4.79 Å². The Kier molecular flexibility index (Phi) is 5.39. The van der Waals surface area contributed by atoms with Gasteiger partial charge in [-0.05, 0) is 54.7 Å². The van der Waals surface area contributed by atoms with E-state index in [0.717, 1.165) is 11.3 Å². The van der Waals surface area contributed by atoms with E-state index in [0.29, 0.717) is 40.3 Å². The molecule has 2 aromatic carbocycles. The molecule has 1 aliphatic heterocycles. The van der Waals surface area contributed by atoms with Gasteiger partial charge in [-0.15, -0.1) is 0 Å². The lowest BCUT2D eigenvalue weighted by atomic mass is 9.71. The van der Waals surface area contributed by atoms with Gasteiger partial charge in [0.25, 0.3) is 0 Å². The number of rotatable bonds is 3. The van der Waals surface area contributed by atoms with E-state index >= 15 is 0 Å². The molecule has 2 aliphatic rings. The normalized spacial score (nSPS) is 21.2. The molecule has 0 saturated heterocycles. The molecule has 0 unspecified atom stereocenters. The fraction of sp³-hybridized carbons (Fsp3) is 0.250. The highest BCUT2D eigenvalue weighted by atomic mass is 35.5. The van der Waals surface area contributed by atoms with Crippen molar-refractivity contribution in [3.8, 4) is 5.75 Å². The number of nitrogens with one attached hydrogen (secondary N) is 1. The molecule has 0 aromatic heterocycles. The van der Waals surface area contributed by atoms with Crippen molar-refractivity contribution >= 4 is 23.4 Å². The number of esters is 1. The quantitative estimate of drug-likeness (QED) is 0.707. The molecule has 2 atom stereocenters. The van der Waals surface area contributed by atoms with E-state index in [9.17, 15) is 14.7 Å². The van der Waals surface area contributed by atoms with Gasteiger partial charge in [0, 0.05) is 34.3 Å². The zero-order valence-electron chi connectivity index (χ0n) is 16.7. The minimum absolute atomic E-state index is 0.0223. The number of carbonyl (C=O) groups excluding carboxylic acids is 2. The second kappa shape index (κ2) is 8.00. The molecular formula is C24H22ClNO4. The minimum Gasteiger partial charge on any atom is -0.508 e. The highest BCUT2D eigenvalue weighted by molar-refractivity contribution is 6.30. The number of hydrogen-bond donors (Lipinski definition) is 2. The van der Waals surface area contributed by atoms with Crippen LogP contribution in [0.1, 0.15) is 42.7 Å². The first-order valence-electron chi connectivity index (χ1n) is 9.75. The zero-order chi connectivity index (χ0) is 21.4. The van der Waals surface area contributed by atoms with Gasteiger partial charge in [-0.2, -0.15) is 0 Å². The van der Waals surface area contributed by atoms with E-state index in [-0.39, 0.29) is 17.5 Å². The number of dihydropyridines is 1. The molecule has 1 aliphatic carbocycles. The SMILES string of the molecule is COC(=O)C1=C(C)NC2=C(C(=O)C[C@H](c3ccc(Cl)cc3)C2)[C@H]1c1cccc(O)c1. The van der Waals surface area contributed by atoms with Gasteiger partial charge in [0.05, 0.1) is 12.7 Å². The zero-order valence-corrected chi connectivity index (χ0v) is 17.5. The molecule has 0 bridgehead atoms. The fourth-order valence-corrected chi connectivity index (χ4v) is 4.55. The topological polar surface area (TPSA) is 75.6 Å². The molecule has 1 heterocycles. The van der Waals surface area contributed by atoms with Gasteiger partial charge < -0.3 is 15.2 Å². The summed E-state index contributed by atoms with van der Waals surface area (Å²) in [7, 11) is 1.32. The summed E-state index contributed by atoms with van der Waals surface area (Å²) in [6.45, 7) is 1.81. The van der Waals surface area contributed by atoms with Crippen LogP contribution in [0.3, 0.4) is 0 Å². The molecule has 0 radical (unpaired) electrons. The average Bonchev–Trinajstić information content (AvgIpc) is 2.72. The number of hydrogen-bond acceptors (Lipinski definition) is 5. The molecule has 0 amide bonds. The predicted octanol–water partition coefficient (Wildman–Crippen LogP) is 4.58. The standard InChI is InChI=1S/C24H22ClNO4/c1-13-21(24(29)30-2)22(15-4-3-5-18(27)10-15)23-19(26-13)11-16(12-20(23)28)14-6-8-17(25)9-7-14/h3-10,16,22,26-27H,11-12H2,1-2H3/t16-,22+/m1/s1. The number of allylic oxidation sites excluding steroid dienone is 3. The first-order valence-corrected chi connectivity index (χ1v) is 10.1. The number of Topliss-reactive ketones (excluding diaryl/α,β-unsaturated/α-hetero) is 1. The van der Waals surface area contributed by atoms with Crippen LogP contribution in [0.15, 0.2) is 71.1 Å². The molecule has 2 aromatic rings. The van der Waals surface area contributed by atoms with Crippen molar-refractivity contribution in [3.63, 3.8) is 0 Å². The number of methoxy groups -OCH3 is 1. The Bertz CT molecular complexity index is 1080. The van der Waals surface area contributed by atoms with E-state index in [1.165, 1.54) is 7.11 Å². The lowest BCUT2D eigenvalue weighted by Crippen LogP contribution is -2.36. The third-order valence-corrected chi connectivity index (χ3v) is 6.03. The third kappa shape index (κ3) is 3.61. The molecule has 0 saturated carbocycles. The molecule has 30 heavy (non-hydrogen) atoms. The van der Waals surface area contributed by atoms with Crippen LogP contribution in [0.2, 0.25) is 5.02 Å². The lowest BCUT2D eigenvalue weighted by molar-refractivity contribution is -0.136. The number of halogens is 1. The Morgan fingerprint density at radius 3 is 2.53 bits per heavy atom. The smallest absolute Gasteiger partial charge is 0.336 e. The van der Waals surface area contributed by atoms with E-state index in [2.05, 4.69) is 5.32 Å². The molecule has 2 N–H and O–H groups in total. The second-order valence-electron chi connectivity index (χ2n) is 7.66. The van der Waals surface area contributed by atoms with Crippen molar-refractivity contribution in [3.05, 3.63) is 87.2 Å². The molecule has 154 valence electrons. The number of phenolic OH excluding ortho intramolecular Hbond substituents is 1. The van der Waals surface area contributed by atoms with Crippen LogP contribution in [0.25, 0.3) is 0 Å². The maximum Gasteiger partial charge on any atom is 0.336 e. The van der Waals surface area contributed by atoms with Crippen LogP contribution in [0.5, 0.6) is 5.75 Å². The van der Waals surface area contributed by atoms with Crippen LogP contribution in [0.4, 0.5) is 0 Å². The van der Waals surface area contributed by atoms with Crippen molar-refractivity contribution in [1.82, 2.24) is 5.32 Å². The third-order valence-electron chi connectivity index (χ3n) is 5.78. The van der Waals surface area contributed by atoms with Crippen molar-refractivity contribution < 1.29 is 19.4 Å². The van der Waals surface area contributed by atoms with Gasteiger partial charge in [-0.1, -0.05) is 35.9 Å². The molecule has 0 fully saturated rings. The number of ketones is 1. The van der Waals surface area contributed by atoms with E-state index < -0.39 is 11.9 Å². The number of carbonyl (C=O) groups is 2. The van der Waals surface area contributed by atoms with Crippen LogP contribution < -0.4 is 5.32 Å². The van der Waals surface area contributed by atoms with E-state index in [4.69, 9.17) is 16.3 Å². The number of benzene rings is 2. The van der Waals surface area contributed by atoms with E-state index in [1.54, 1.807) is 18.2 Å². The van der Waals surface area contributed by atoms with Crippen LogP contribution in [0, 0.1) is 0 Å². The van der Waals surface area contributed by atoms with Gasteiger partial charge in [0.15, 0.2) is 5.78 Å². The summed E-state index contributed by atoms with van der Waals surface area (Å²) in [5.74, 6) is -0.992. The Hall–Kier alpha value is -3.05. The average molecular weight is 424 g/mol. The largest absolute Gasteiger partial charge is 0.508 e. The number of aromatic hydroxyl groups is 1. The van der Waals surface area contributed by atoms with Crippen molar-refractivity contribution in [1.29, 1.82) is 0 Å². The number of phenols is 1. The highest BCUT2D eigenvalue weighted by Crippen LogP contribution is 2.46. The molecule has 4 rings (SSSR count). The van der Waals surface area contributed by atoms with Gasteiger partial charge in [0.2, 0.25) is 0 Å². The summed E-state index contributed by atoms with van der Waals surface area (Å²) >= 11 is 6.01. The summed E-state index contributed by atoms with van der Waals surface area (Å²) in [6, 6.07) is 14.2. The van der Waals surface area contributed by atoms with Crippen molar-refractivity contribution in [2.24, 2.45) is 0 Å². The molecule has 0 spiro atoms. The Labute approximate surface area is 180 Å². The Morgan fingerprint density at radius 2 is 1.87 bits per heavy atom. The molecule has 5 nitrogen and oxygen atoms in total. The first kappa shape index (κ1) is 20.2. The summed E-state index contributed by atoms with van der Waals surface area (Å²) in [5.41, 5.74) is 4.15. The van der Waals surface area contributed by atoms with Crippen LogP contribution >= 0.6 is 11.6 Å². The summed E-state index contributed by atoms with van der Waals surface area (Å²) in [5, 5.41) is 14.0. The summed E-state index contributed by atoms with van der Waals surface area (Å²) < 4.78 is 5.01. The Balaban J connectivity index is 1.80. The summed E-state index contributed by atoms with van der Waals surface area (Å²) in [6.07, 6.45) is 0.981. The van der Waals surface area contributed by atoms with Crippen LogP contribution in [-0.2, 0) is 14.3 Å². The van der Waals surface area contributed by atoms with Crippen LogP contribution in [-0.4, -0.2) is 24.0 Å². The maximum atomic E-state index is 13.3. The second-order valence-corrected chi connectivity index (χ2v) is 8.09. The monoisotopic (exact) mass is 423 g/mol. The minimum atomic E-state index is -0.584. The summed E-state index contributed by atoms with van der Waals surface area (Å²) in [4.78, 5) is 26.0. The van der Waals surface area contributed by atoms with Crippen molar-refractivity contribution in [2.45, 2.75) is 31.6 Å². The number of ether oxygens (including phenoxy) is 1. The van der Waals surface area contributed by atoms with Gasteiger partial charge in [0.1, 0.15) is 5.75 Å². The maximum absolute atomic E-state index is 13.3. The predicted molar refractivity (Wildman–Crippen MR) is 114 cm³/mol. The van der Waals surface area contributed by atoms with E-state index in [1.807, 2.05) is 37.3 Å². The molecular weight excluding hydrogens is 402 g/mol.